The van der Waals surface area contributed by atoms with Crippen LogP contribution in [0, 0.1) is 6.92 Å². The van der Waals surface area contributed by atoms with Crippen LogP contribution in [0.15, 0.2) is 36.4 Å². The molecule has 0 heterocycles. The summed E-state index contributed by atoms with van der Waals surface area (Å²) in [4.78, 5) is 0. The second kappa shape index (κ2) is 10.0. The second-order valence-corrected chi connectivity index (χ2v) is 7.93. The third kappa shape index (κ3) is 4.87. The molecule has 0 aliphatic carbocycles. The first-order valence-electron chi connectivity index (χ1n) is 10.2. The molecule has 7 nitrogen and oxygen atoms in total. The Morgan fingerprint density at radius 2 is 0.812 bits per heavy atom. The van der Waals surface area contributed by atoms with Gasteiger partial charge in [-0.3, -0.25) is 0 Å². The van der Waals surface area contributed by atoms with Gasteiger partial charge in [0.25, 0.3) is 0 Å². The fourth-order valence-corrected chi connectivity index (χ4v) is 3.98. The highest BCUT2D eigenvalue weighted by molar-refractivity contribution is 5.50. The molecule has 0 saturated carbocycles. The van der Waals surface area contributed by atoms with Crippen molar-refractivity contribution in [1.82, 2.24) is 0 Å². The first-order chi connectivity index (χ1) is 15.3. The topological polar surface area (TPSA) is 142 Å². The van der Waals surface area contributed by atoms with Crippen LogP contribution < -0.4 is 0 Å². The minimum Gasteiger partial charge on any atom is -0.507 e. The molecule has 32 heavy (non-hydrogen) atoms. The Balaban J connectivity index is 1.97. The minimum atomic E-state index is -0.376. The summed E-state index contributed by atoms with van der Waals surface area (Å²) in [5.41, 5.74) is 4.98. The van der Waals surface area contributed by atoms with Gasteiger partial charge >= 0.3 is 0 Å². The summed E-state index contributed by atoms with van der Waals surface area (Å²) in [5, 5.41) is 68.7. The predicted molar refractivity (Wildman–Crippen MR) is 118 cm³/mol. The molecule has 0 spiro atoms. The Labute approximate surface area is 186 Å². The maximum Gasteiger partial charge on any atom is 0.126 e. The summed E-state index contributed by atoms with van der Waals surface area (Å²) in [6.07, 6.45) is 0.772. The molecule has 3 aromatic rings. The molecule has 0 saturated heterocycles. The average molecular weight is 440 g/mol. The quantitative estimate of drug-likeness (QED) is 0.285. The average Bonchev–Trinajstić information content (AvgIpc) is 2.78. The predicted octanol–water partition coefficient (Wildman–Crippen LogP) is 2.26. The van der Waals surface area contributed by atoms with Gasteiger partial charge in [0.2, 0.25) is 0 Å². The molecule has 3 aromatic carbocycles. The Hall–Kier alpha value is -3.10. The third-order valence-corrected chi connectivity index (χ3v) is 5.58. The van der Waals surface area contributed by atoms with Gasteiger partial charge in [-0.05, 0) is 65.4 Å². The summed E-state index contributed by atoms with van der Waals surface area (Å²) in [5.74, 6) is -0.122. The van der Waals surface area contributed by atoms with E-state index in [2.05, 4.69) is 0 Å². The number of aromatic hydroxyl groups is 3. The summed E-state index contributed by atoms with van der Waals surface area (Å²) in [7, 11) is 0. The number of aryl methyl sites for hydroxylation is 1. The lowest BCUT2D eigenvalue weighted by atomic mass is 9.93. The highest BCUT2D eigenvalue weighted by atomic mass is 16.3. The van der Waals surface area contributed by atoms with Gasteiger partial charge in [0.1, 0.15) is 17.2 Å². The second-order valence-electron chi connectivity index (χ2n) is 7.93. The summed E-state index contributed by atoms with van der Waals surface area (Å²) in [6, 6.07) is 10.3. The van der Waals surface area contributed by atoms with Crippen LogP contribution in [0.3, 0.4) is 0 Å². The van der Waals surface area contributed by atoms with Crippen molar-refractivity contribution in [2.24, 2.45) is 0 Å². The Morgan fingerprint density at radius 3 is 1.22 bits per heavy atom. The van der Waals surface area contributed by atoms with Crippen molar-refractivity contribution >= 4 is 0 Å². The molecule has 0 radical (unpaired) electrons. The minimum absolute atomic E-state index is 0.118. The number of phenols is 3. The van der Waals surface area contributed by atoms with Crippen molar-refractivity contribution in [3.8, 4) is 17.2 Å². The maximum absolute atomic E-state index is 10.6. The zero-order chi connectivity index (χ0) is 23.4. The zero-order valence-corrected chi connectivity index (χ0v) is 17.8. The lowest BCUT2D eigenvalue weighted by Gasteiger charge is -2.15. The van der Waals surface area contributed by atoms with Gasteiger partial charge in [0.15, 0.2) is 0 Å². The highest BCUT2D eigenvalue weighted by Crippen LogP contribution is 2.32. The number of hydrogen-bond acceptors (Lipinski definition) is 7. The van der Waals surface area contributed by atoms with E-state index in [0.717, 1.165) is 16.7 Å². The molecule has 0 bridgehead atoms. The molecular formula is C25H28O7. The molecule has 0 aromatic heterocycles. The van der Waals surface area contributed by atoms with Gasteiger partial charge in [-0.2, -0.15) is 0 Å². The van der Waals surface area contributed by atoms with E-state index in [1.165, 1.54) is 0 Å². The Bertz CT molecular complexity index is 1070. The van der Waals surface area contributed by atoms with Crippen LogP contribution in [0.2, 0.25) is 0 Å². The summed E-state index contributed by atoms with van der Waals surface area (Å²) >= 11 is 0. The number of hydrogen-bond donors (Lipinski definition) is 7. The van der Waals surface area contributed by atoms with E-state index in [0.29, 0.717) is 46.2 Å². The van der Waals surface area contributed by atoms with E-state index in [4.69, 9.17) is 0 Å². The van der Waals surface area contributed by atoms with Gasteiger partial charge in [0, 0.05) is 28.7 Å². The van der Waals surface area contributed by atoms with Gasteiger partial charge in [-0.1, -0.05) is 12.1 Å². The van der Waals surface area contributed by atoms with Gasteiger partial charge < -0.3 is 35.7 Å². The van der Waals surface area contributed by atoms with E-state index in [-0.39, 0.29) is 43.7 Å². The van der Waals surface area contributed by atoms with Gasteiger partial charge in [-0.15, -0.1) is 0 Å². The molecule has 0 unspecified atom stereocenters. The fraction of sp³-hybridized carbons (Fsp3) is 0.280. The number of aliphatic hydroxyl groups excluding tert-OH is 4. The lowest BCUT2D eigenvalue weighted by Crippen LogP contribution is -2.00. The molecule has 0 fully saturated rings. The van der Waals surface area contributed by atoms with Crippen LogP contribution in [-0.4, -0.2) is 35.7 Å². The normalized spacial score (nSPS) is 11.2. The number of aliphatic hydroxyl groups is 4. The van der Waals surface area contributed by atoms with Crippen LogP contribution in [-0.2, 0) is 39.3 Å². The zero-order valence-electron chi connectivity index (χ0n) is 17.8. The summed E-state index contributed by atoms with van der Waals surface area (Å²) in [6.45, 7) is 0.325. The molecule has 0 amide bonds. The van der Waals surface area contributed by atoms with E-state index >= 15 is 0 Å². The fourth-order valence-electron chi connectivity index (χ4n) is 3.98. The van der Waals surface area contributed by atoms with Crippen molar-refractivity contribution < 1.29 is 35.7 Å². The number of phenolic OH excluding ortho intramolecular Hbond substituents is 1. The van der Waals surface area contributed by atoms with Crippen molar-refractivity contribution in [2.75, 3.05) is 0 Å². The van der Waals surface area contributed by atoms with Gasteiger partial charge in [0.05, 0.1) is 26.4 Å². The molecule has 7 N–H and O–H groups in total. The smallest absolute Gasteiger partial charge is 0.126 e. The molecule has 170 valence electrons. The van der Waals surface area contributed by atoms with Crippen LogP contribution in [0.1, 0.15) is 50.1 Å². The summed E-state index contributed by atoms with van der Waals surface area (Å²) < 4.78 is 0. The van der Waals surface area contributed by atoms with Crippen LogP contribution in [0.4, 0.5) is 0 Å². The van der Waals surface area contributed by atoms with Crippen molar-refractivity contribution in [1.29, 1.82) is 0 Å². The molecule has 0 aliphatic rings. The monoisotopic (exact) mass is 440 g/mol. The van der Waals surface area contributed by atoms with Crippen molar-refractivity contribution in [3.63, 3.8) is 0 Å². The SMILES string of the molecule is Cc1cc(Cc2cc(CO)c(O)c(CO)c2)cc(Cc2cc(CO)c(O)c(CO)c2)c1O. The highest BCUT2D eigenvalue weighted by Gasteiger charge is 2.14. The van der Waals surface area contributed by atoms with E-state index in [9.17, 15) is 35.7 Å². The number of rotatable bonds is 8. The van der Waals surface area contributed by atoms with Crippen LogP contribution in [0.5, 0.6) is 17.2 Å². The van der Waals surface area contributed by atoms with Gasteiger partial charge in [-0.25, -0.2) is 0 Å². The van der Waals surface area contributed by atoms with E-state index in [1.54, 1.807) is 31.2 Å². The molecular weight excluding hydrogens is 412 g/mol. The van der Waals surface area contributed by atoms with E-state index in [1.807, 2.05) is 12.1 Å². The molecule has 0 aliphatic heterocycles. The maximum atomic E-state index is 10.6. The van der Waals surface area contributed by atoms with E-state index < -0.39 is 0 Å². The van der Waals surface area contributed by atoms with Crippen molar-refractivity contribution in [3.05, 3.63) is 86.5 Å². The van der Waals surface area contributed by atoms with Crippen LogP contribution >= 0.6 is 0 Å². The first-order valence-corrected chi connectivity index (χ1v) is 10.2. The lowest BCUT2D eigenvalue weighted by molar-refractivity contribution is 0.263. The Morgan fingerprint density at radius 1 is 0.469 bits per heavy atom. The van der Waals surface area contributed by atoms with Crippen molar-refractivity contribution in [2.45, 2.75) is 46.2 Å². The molecule has 7 heteroatoms. The largest absolute Gasteiger partial charge is 0.507 e. The Kier molecular flexibility index (Phi) is 7.37. The molecule has 3 rings (SSSR count). The van der Waals surface area contributed by atoms with Crippen LogP contribution in [0.25, 0.3) is 0 Å². The standard InChI is InChI=1S/C25H28O7/c1-14-2-15(3-16-6-19(10-26)24(31)20(7-16)11-27)4-18(23(14)30)5-17-8-21(12-28)25(32)22(9-17)13-29/h2,4,6-9,26-32H,3,5,10-13H2,1H3. The first kappa shape index (κ1) is 23.6. The molecule has 0 atom stereocenters. The third-order valence-electron chi connectivity index (χ3n) is 5.58. The number of benzene rings is 3.